The Labute approximate surface area is 105 Å². The largest absolute Gasteiger partial charge is 0.477 e. The summed E-state index contributed by atoms with van der Waals surface area (Å²) in [5.41, 5.74) is 0.206. The van der Waals surface area contributed by atoms with Crippen LogP contribution in [0.2, 0.25) is 0 Å². The molecule has 0 aromatic heterocycles. The van der Waals surface area contributed by atoms with E-state index in [4.69, 9.17) is 19.8 Å². The molecule has 0 amide bonds. The SMILES string of the molecule is N#C/C(=C\c1cc2c(cc1Br)OCO2)C(=O)O. The lowest BCUT2D eigenvalue weighted by Gasteiger charge is -2.02. The van der Waals surface area contributed by atoms with Crippen molar-refractivity contribution >= 4 is 28.0 Å². The van der Waals surface area contributed by atoms with Gasteiger partial charge in [0.1, 0.15) is 11.6 Å². The van der Waals surface area contributed by atoms with Crippen molar-refractivity contribution in [1.29, 1.82) is 5.26 Å². The summed E-state index contributed by atoms with van der Waals surface area (Å²) in [5.74, 6) is -0.151. The lowest BCUT2D eigenvalue weighted by atomic mass is 10.1. The molecule has 86 valence electrons. The highest BCUT2D eigenvalue weighted by Crippen LogP contribution is 2.37. The quantitative estimate of drug-likeness (QED) is 0.668. The topological polar surface area (TPSA) is 79.5 Å². The van der Waals surface area contributed by atoms with Crippen LogP contribution in [0.1, 0.15) is 5.56 Å². The van der Waals surface area contributed by atoms with E-state index in [-0.39, 0.29) is 12.4 Å². The lowest BCUT2D eigenvalue weighted by Crippen LogP contribution is -1.97. The van der Waals surface area contributed by atoms with Crippen LogP contribution in [0.25, 0.3) is 6.08 Å². The molecule has 1 N–H and O–H groups in total. The maximum atomic E-state index is 10.7. The normalized spacial score (nSPS) is 13.3. The minimum absolute atomic E-state index is 0.138. The van der Waals surface area contributed by atoms with Gasteiger partial charge in [0.05, 0.1) is 0 Å². The van der Waals surface area contributed by atoms with Gasteiger partial charge < -0.3 is 14.6 Å². The molecule has 0 fully saturated rings. The van der Waals surface area contributed by atoms with E-state index in [2.05, 4.69) is 15.9 Å². The Hall–Kier alpha value is -2.00. The Balaban J connectivity index is 2.47. The molecule has 0 saturated heterocycles. The zero-order valence-electron chi connectivity index (χ0n) is 8.44. The predicted molar refractivity (Wildman–Crippen MR) is 61.5 cm³/mol. The molecule has 0 aliphatic carbocycles. The molecule has 1 aliphatic rings. The van der Waals surface area contributed by atoms with Gasteiger partial charge >= 0.3 is 5.97 Å². The van der Waals surface area contributed by atoms with Crippen LogP contribution >= 0.6 is 15.9 Å². The molecule has 17 heavy (non-hydrogen) atoms. The number of benzene rings is 1. The van der Waals surface area contributed by atoms with Crippen molar-refractivity contribution in [3.63, 3.8) is 0 Å². The van der Waals surface area contributed by atoms with E-state index in [1.54, 1.807) is 18.2 Å². The maximum Gasteiger partial charge on any atom is 0.346 e. The van der Waals surface area contributed by atoms with Gasteiger partial charge in [-0.15, -0.1) is 0 Å². The first-order chi connectivity index (χ1) is 8.11. The highest BCUT2D eigenvalue weighted by atomic mass is 79.9. The van der Waals surface area contributed by atoms with Crippen molar-refractivity contribution < 1.29 is 19.4 Å². The standard InChI is InChI=1S/C11H6BrNO4/c12-8-3-10-9(16-5-17-10)2-6(8)1-7(4-13)11(14)15/h1-3H,5H2,(H,14,15)/b7-1+. The molecule has 0 atom stereocenters. The van der Waals surface area contributed by atoms with Crippen molar-refractivity contribution in [2.75, 3.05) is 6.79 Å². The first kappa shape index (κ1) is 11.5. The van der Waals surface area contributed by atoms with Crippen LogP contribution in [-0.2, 0) is 4.79 Å². The first-order valence-electron chi connectivity index (χ1n) is 4.56. The van der Waals surface area contributed by atoms with Crippen molar-refractivity contribution in [3.05, 3.63) is 27.7 Å². The third-order valence-corrected chi connectivity index (χ3v) is 2.83. The van der Waals surface area contributed by atoms with E-state index in [9.17, 15) is 4.79 Å². The molecule has 0 spiro atoms. The zero-order chi connectivity index (χ0) is 12.4. The molecule has 1 heterocycles. The van der Waals surface area contributed by atoms with Gasteiger partial charge in [0.2, 0.25) is 6.79 Å². The smallest absolute Gasteiger partial charge is 0.346 e. The van der Waals surface area contributed by atoms with Gasteiger partial charge in [-0.2, -0.15) is 5.26 Å². The monoisotopic (exact) mass is 295 g/mol. The highest BCUT2D eigenvalue weighted by molar-refractivity contribution is 9.10. The van der Waals surface area contributed by atoms with Crippen LogP contribution in [0.5, 0.6) is 11.5 Å². The summed E-state index contributed by atoms with van der Waals surface area (Å²) in [4.78, 5) is 10.7. The summed E-state index contributed by atoms with van der Waals surface area (Å²) in [7, 11) is 0. The Morgan fingerprint density at radius 2 is 2.12 bits per heavy atom. The number of halogens is 1. The first-order valence-corrected chi connectivity index (χ1v) is 5.35. The number of rotatable bonds is 2. The maximum absolute atomic E-state index is 10.7. The summed E-state index contributed by atoms with van der Waals surface area (Å²) >= 11 is 3.27. The molecule has 0 unspecified atom stereocenters. The van der Waals surface area contributed by atoms with Gasteiger partial charge in [-0.25, -0.2) is 4.79 Å². The number of carboxylic acids is 1. The molecule has 1 aromatic carbocycles. The average Bonchev–Trinajstić information content (AvgIpc) is 2.72. The predicted octanol–water partition coefficient (Wildman–Crippen LogP) is 2.17. The number of hydrogen-bond acceptors (Lipinski definition) is 4. The second kappa shape index (κ2) is 4.47. The number of ether oxygens (including phenoxy) is 2. The summed E-state index contributed by atoms with van der Waals surface area (Å²) in [5, 5.41) is 17.4. The molecule has 5 nitrogen and oxygen atoms in total. The Morgan fingerprint density at radius 3 is 2.71 bits per heavy atom. The van der Waals surface area contributed by atoms with Crippen LogP contribution in [0.4, 0.5) is 0 Å². The summed E-state index contributed by atoms with van der Waals surface area (Å²) in [6, 6.07) is 4.90. The van der Waals surface area contributed by atoms with Gasteiger partial charge in [-0.1, -0.05) is 15.9 Å². The van der Waals surface area contributed by atoms with Crippen molar-refractivity contribution in [2.45, 2.75) is 0 Å². The molecular formula is C11H6BrNO4. The van der Waals surface area contributed by atoms with E-state index in [1.165, 1.54) is 6.08 Å². The van der Waals surface area contributed by atoms with Crippen LogP contribution in [0.3, 0.4) is 0 Å². The second-order valence-corrected chi connectivity index (χ2v) is 4.06. The molecule has 0 saturated carbocycles. The Bertz CT molecular complexity index is 559. The number of carboxylic acid groups (broad SMARTS) is 1. The number of aliphatic carboxylic acids is 1. The number of nitriles is 1. The zero-order valence-corrected chi connectivity index (χ0v) is 10.0. The Morgan fingerprint density at radius 1 is 1.47 bits per heavy atom. The molecule has 1 aliphatic heterocycles. The highest BCUT2D eigenvalue weighted by Gasteiger charge is 2.16. The molecular weight excluding hydrogens is 290 g/mol. The van der Waals surface area contributed by atoms with Gasteiger partial charge in [0.25, 0.3) is 0 Å². The molecule has 0 radical (unpaired) electrons. The molecule has 2 rings (SSSR count). The van der Waals surface area contributed by atoms with Crippen LogP contribution in [-0.4, -0.2) is 17.9 Å². The lowest BCUT2D eigenvalue weighted by molar-refractivity contribution is -0.132. The minimum atomic E-state index is -1.27. The van der Waals surface area contributed by atoms with E-state index >= 15 is 0 Å². The van der Waals surface area contributed by atoms with Crippen molar-refractivity contribution in [2.24, 2.45) is 0 Å². The number of carbonyl (C=O) groups is 1. The molecule has 0 bridgehead atoms. The fraction of sp³-hybridized carbons (Fsp3) is 0.0909. The van der Waals surface area contributed by atoms with Gasteiger partial charge in [0.15, 0.2) is 11.5 Å². The van der Waals surface area contributed by atoms with E-state index in [0.29, 0.717) is 21.5 Å². The van der Waals surface area contributed by atoms with Gasteiger partial charge in [-0.3, -0.25) is 0 Å². The number of nitrogens with zero attached hydrogens (tertiary/aromatic N) is 1. The average molecular weight is 296 g/mol. The third kappa shape index (κ3) is 2.24. The van der Waals surface area contributed by atoms with Crippen molar-refractivity contribution in [1.82, 2.24) is 0 Å². The second-order valence-electron chi connectivity index (χ2n) is 3.20. The minimum Gasteiger partial charge on any atom is -0.477 e. The van der Waals surface area contributed by atoms with Gasteiger partial charge in [0, 0.05) is 4.47 Å². The molecule has 6 heteroatoms. The number of fused-ring (bicyclic) bond motifs is 1. The summed E-state index contributed by atoms with van der Waals surface area (Å²) in [6.07, 6.45) is 1.27. The summed E-state index contributed by atoms with van der Waals surface area (Å²) < 4.78 is 11.0. The Kier molecular flexibility index (Phi) is 3.02. The fourth-order valence-electron chi connectivity index (χ4n) is 1.34. The van der Waals surface area contributed by atoms with Crippen LogP contribution in [0.15, 0.2) is 22.2 Å². The number of hydrogen-bond donors (Lipinski definition) is 1. The van der Waals surface area contributed by atoms with Gasteiger partial charge in [-0.05, 0) is 23.8 Å². The fourth-order valence-corrected chi connectivity index (χ4v) is 1.78. The van der Waals surface area contributed by atoms with E-state index < -0.39 is 5.97 Å². The summed E-state index contributed by atoms with van der Waals surface area (Å²) in [6.45, 7) is 0.138. The third-order valence-electron chi connectivity index (χ3n) is 2.14. The van der Waals surface area contributed by atoms with Crippen LogP contribution in [0, 0.1) is 11.3 Å². The van der Waals surface area contributed by atoms with E-state index in [0.717, 1.165) is 0 Å². The van der Waals surface area contributed by atoms with Crippen molar-refractivity contribution in [3.8, 4) is 17.6 Å². The molecule has 1 aromatic rings. The van der Waals surface area contributed by atoms with E-state index in [1.807, 2.05) is 0 Å². The van der Waals surface area contributed by atoms with Crippen LogP contribution < -0.4 is 9.47 Å².